The van der Waals surface area contributed by atoms with Crippen LogP contribution in [0.5, 0.6) is 0 Å². The fourth-order valence-corrected chi connectivity index (χ4v) is 5.70. The first-order chi connectivity index (χ1) is 14.2. The van der Waals surface area contributed by atoms with Gasteiger partial charge in [-0.15, -0.1) is 0 Å². The van der Waals surface area contributed by atoms with E-state index >= 15 is 0 Å². The summed E-state index contributed by atoms with van der Waals surface area (Å²) in [6.45, 7) is 30.3. The van der Waals surface area contributed by atoms with E-state index in [9.17, 15) is 0 Å². The van der Waals surface area contributed by atoms with E-state index in [0.29, 0.717) is 10.8 Å². The van der Waals surface area contributed by atoms with E-state index in [1.54, 1.807) is 28.4 Å². The summed E-state index contributed by atoms with van der Waals surface area (Å²) >= 11 is 0. The van der Waals surface area contributed by atoms with Crippen LogP contribution in [0, 0.1) is 32.5 Å². The summed E-state index contributed by atoms with van der Waals surface area (Å²) in [5.74, 6) is 0. The summed E-state index contributed by atoms with van der Waals surface area (Å²) in [6.07, 6.45) is 2.25. The van der Waals surface area contributed by atoms with E-state index in [-0.39, 0.29) is 21.7 Å². The van der Waals surface area contributed by atoms with Gasteiger partial charge in [-0.25, -0.2) is 0 Å². The molecule has 0 rings (SSSR count). The fraction of sp³-hybridized carbons (Fsp3) is 1.00. The van der Waals surface area contributed by atoms with Gasteiger partial charge in [-0.3, -0.25) is 0 Å². The average molecular weight is 461 g/mol. The van der Waals surface area contributed by atoms with Gasteiger partial charge >= 0.3 is 0 Å². The smallest absolute Gasteiger partial charge is 0.0550 e. The minimum absolute atomic E-state index is 0.0312. The second kappa shape index (κ2) is 13.1. The van der Waals surface area contributed by atoms with Crippen molar-refractivity contribution in [3.05, 3.63) is 0 Å². The van der Waals surface area contributed by atoms with Crippen molar-refractivity contribution in [2.75, 3.05) is 54.9 Å². The van der Waals surface area contributed by atoms with E-state index in [1.165, 1.54) is 0 Å². The summed E-state index contributed by atoms with van der Waals surface area (Å²) in [6, 6.07) is 0. The Morgan fingerprint density at radius 2 is 0.656 bits per heavy atom. The van der Waals surface area contributed by atoms with E-state index < -0.39 is 0 Å². The first kappa shape index (κ1) is 34.0. The molecule has 196 valence electrons. The summed E-state index contributed by atoms with van der Waals surface area (Å²) in [5.41, 5.74) is 1.04. The van der Waals surface area contributed by atoms with Crippen LogP contribution in [-0.2, 0) is 18.9 Å². The molecule has 0 aromatic rings. The molecule has 0 unspecified atom stereocenters. The van der Waals surface area contributed by atoms with Gasteiger partial charge in [-0.2, -0.15) is 0 Å². The highest BCUT2D eigenvalue weighted by molar-refractivity contribution is 4.98. The molecule has 32 heavy (non-hydrogen) atoms. The van der Waals surface area contributed by atoms with Crippen molar-refractivity contribution >= 4 is 0 Å². The lowest BCUT2D eigenvalue weighted by atomic mass is 9.55. The second-order valence-electron chi connectivity index (χ2n) is 14.3. The SMILES string of the molecule is COCC(COC)(C(C)(C)C)C(C)(C)C.COCC(COC)(CC(C)(C)C)CC(C)(C)C. The molecule has 0 atom stereocenters. The predicted octanol–water partition coefficient (Wildman–Crippen LogP) is 7.50. The zero-order valence-electron chi connectivity index (χ0n) is 24.9. The molecule has 0 aromatic heterocycles. The minimum Gasteiger partial charge on any atom is -0.384 e. The van der Waals surface area contributed by atoms with Gasteiger partial charge in [0.1, 0.15) is 0 Å². The Balaban J connectivity index is 0. The molecular formula is C28H60O4. The Labute approximate surface area is 202 Å². The Kier molecular flexibility index (Phi) is 13.9. The lowest BCUT2D eigenvalue weighted by Gasteiger charge is -2.52. The van der Waals surface area contributed by atoms with Gasteiger partial charge in [-0.1, -0.05) is 83.1 Å². The van der Waals surface area contributed by atoms with E-state index in [0.717, 1.165) is 39.3 Å². The van der Waals surface area contributed by atoms with Gasteiger partial charge in [0.15, 0.2) is 0 Å². The molecule has 0 aliphatic rings. The molecule has 0 aliphatic carbocycles. The molecule has 0 amide bonds. The lowest BCUT2D eigenvalue weighted by molar-refractivity contribution is -0.128. The zero-order chi connectivity index (χ0) is 26.1. The van der Waals surface area contributed by atoms with Crippen LogP contribution >= 0.6 is 0 Å². The monoisotopic (exact) mass is 460 g/mol. The van der Waals surface area contributed by atoms with Crippen molar-refractivity contribution in [1.29, 1.82) is 0 Å². The summed E-state index contributed by atoms with van der Waals surface area (Å²) in [7, 11) is 7.11. The maximum absolute atomic E-state index is 5.47. The maximum Gasteiger partial charge on any atom is 0.0550 e. The Morgan fingerprint density at radius 1 is 0.406 bits per heavy atom. The maximum atomic E-state index is 5.47. The largest absolute Gasteiger partial charge is 0.384 e. The third kappa shape index (κ3) is 11.8. The molecule has 4 heteroatoms. The van der Waals surface area contributed by atoms with E-state index in [2.05, 4.69) is 83.1 Å². The molecule has 0 heterocycles. The molecule has 0 N–H and O–H groups in total. The topological polar surface area (TPSA) is 36.9 Å². The molecule has 0 aliphatic heterocycles. The van der Waals surface area contributed by atoms with Crippen molar-refractivity contribution in [2.45, 2.75) is 95.9 Å². The van der Waals surface area contributed by atoms with Gasteiger partial charge < -0.3 is 18.9 Å². The van der Waals surface area contributed by atoms with Crippen LogP contribution in [0.1, 0.15) is 95.9 Å². The molecule has 0 aromatic carbocycles. The summed E-state index contributed by atoms with van der Waals surface area (Å²) in [4.78, 5) is 0. The Hall–Kier alpha value is -0.160. The lowest BCUT2D eigenvalue weighted by Crippen LogP contribution is -2.52. The molecule has 0 spiro atoms. The highest BCUT2D eigenvalue weighted by Gasteiger charge is 2.50. The van der Waals surface area contributed by atoms with Crippen LogP contribution < -0.4 is 0 Å². The number of methoxy groups -OCH3 is 4. The standard InChI is InChI=1S/C15H32O2.C13H28O2/c1-13(2,3)9-15(11-16-7,12-17-8)10-14(4,5)6;1-11(2,3)13(9-14-7,10-15-8)12(4,5)6/h9-12H2,1-8H3;9-10H2,1-8H3. The second-order valence-corrected chi connectivity index (χ2v) is 14.3. The predicted molar refractivity (Wildman–Crippen MR) is 139 cm³/mol. The zero-order valence-corrected chi connectivity index (χ0v) is 24.9. The Bertz CT molecular complexity index is 438. The van der Waals surface area contributed by atoms with Gasteiger partial charge in [0.2, 0.25) is 0 Å². The fourth-order valence-electron chi connectivity index (χ4n) is 5.70. The summed E-state index contributed by atoms with van der Waals surface area (Å²) < 4.78 is 21.8. The highest BCUT2D eigenvalue weighted by atomic mass is 16.5. The minimum atomic E-state index is 0.0312. The van der Waals surface area contributed by atoms with Crippen LogP contribution in [0.15, 0.2) is 0 Å². The third-order valence-electron chi connectivity index (χ3n) is 6.36. The van der Waals surface area contributed by atoms with Crippen LogP contribution in [0.2, 0.25) is 0 Å². The van der Waals surface area contributed by atoms with Crippen molar-refractivity contribution in [1.82, 2.24) is 0 Å². The van der Waals surface area contributed by atoms with Gasteiger partial charge in [0.05, 0.1) is 26.4 Å². The van der Waals surface area contributed by atoms with Crippen molar-refractivity contribution in [3.63, 3.8) is 0 Å². The first-order valence-electron chi connectivity index (χ1n) is 12.1. The highest BCUT2D eigenvalue weighted by Crippen LogP contribution is 2.51. The average Bonchev–Trinajstić information content (AvgIpc) is 2.50. The van der Waals surface area contributed by atoms with Gasteiger partial charge in [0, 0.05) is 39.3 Å². The molecule has 0 saturated heterocycles. The quantitative estimate of drug-likeness (QED) is 0.338. The molecule has 0 saturated carbocycles. The number of hydrogen-bond donors (Lipinski definition) is 0. The third-order valence-corrected chi connectivity index (χ3v) is 6.36. The van der Waals surface area contributed by atoms with Crippen molar-refractivity contribution in [2.24, 2.45) is 32.5 Å². The van der Waals surface area contributed by atoms with Crippen LogP contribution in [-0.4, -0.2) is 54.9 Å². The first-order valence-corrected chi connectivity index (χ1v) is 12.1. The number of ether oxygens (including phenoxy) is 4. The summed E-state index contributed by atoms with van der Waals surface area (Å²) in [5, 5.41) is 0. The molecule has 0 radical (unpaired) electrons. The number of rotatable bonds is 10. The molecule has 0 bridgehead atoms. The molecule has 4 nitrogen and oxygen atoms in total. The molecular weight excluding hydrogens is 400 g/mol. The van der Waals surface area contributed by atoms with Crippen LogP contribution in [0.4, 0.5) is 0 Å². The normalized spacial score (nSPS) is 14.2. The Morgan fingerprint density at radius 3 is 0.812 bits per heavy atom. The van der Waals surface area contributed by atoms with Crippen molar-refractivity contribution in [3.8, 4) is 0 Å². The van der Waals surface area contributed by atoms with Gasteiger partial charge in [-0.05, 0) is 34.5 Å². The number of hydrogen-bond acceptors (Lipinski definition) is 4. The molecule has 0 fully saturated rings. The van der Waals surface area contributed by atoms with E-state index in [4.69, 9.17) is 18.9 Å². The van der Waals surface area contributed by atoms with Crippen molar-refractivity contribution < 1.29 is 18.9 Å². The van der Waals surface area contributed by atoms with Gasteiger partial charge in [0.25, 0.3) is 0 Å². The van der Waals surface area contributed by atoms with Crippen LogP contribution in [0.25, 0.3) is 0 Å². The van der Waals surface area contributed by atoms with E-state index in [1.807, 2.05) is 0 Å². The van der Waals surface area contributed by atoms with Crippen LogP contribution in [0.3, 0.4) is 0 Å².